The van der Waals surface area contributed by atoms with Gasteiger partial charge in [0.25, 0.3) is 0 Å². The van der Waals surface area contributed by atoms with E-state index in [0.717, 1.165) is 58.5 Å². The molecule has 3 rings (SSSR count). The third kappa shape index (κ3) is 6.87. The maximum absolute atomic E-state index is 13.8. The van der Waals surface area contributed by atoms with Crippen molar-refractivity contribution < 1.29 is 18.0 Å². The van der Waals surface area contributed by atoms with Crippen LogP contribution in [-0.4, -0.2) is 50.0 Å². The third-order valence-corrected chi connectivity index (χ3v) is 8.29. The predicted octanol–water partition coefficient (Wildman–Crippen LogP) is 4.24. The molecule has 0 bridgehead atoms. The maximum atomic E-state index is 13.8. The first-order chi connectivity index (χ1) is 17.0. The quantitative estimate of drug-likeness (QED) is 0.515. The lowest BCUT2D eigenvalue weighted by molar-refractivity contribution is -0.140. The van der Waals surface area contributed by atoms with Crippen LogP contribution in [0.4, 0.5) is 5.69 Å². The monoisotopic (exact) mass is 513 g/mol. The Morgan fingerprint density at radius 3 is 2.25 bits per heavy atom. The summed E-state index contributed by atoms with van der Waals surface area (Å²) in [6.45, 7) is 7.57. The molecule has 1 atom stereocenters. The molecule has 0 aromatic heterocycles. The predicted molar refractivity (Wildman–Crippen MR) is 144 cm³/mol. The summed E-state index contributed by atoms with van der Waals surface area (Å²) >= 11 is 0. The Morgan fingerprint density at radius 1 is 1.00 bits per heavy atom. The van der Waals surface area contributed by atoms with Crippen LogP contribution in [-0.2, 0) is 26.2 Å². The van der Waals surface area contributed by atoms with Crippen LogP contribution in [0.2, 0.25) is 0 Å². The van der Waals surface area contributed by atoms with Gasteiger partial charge in [-0.2, -0.15) is 0 Å². The number of anilines is 1. The molecule has 0 spiro atoms. The minimum absolute atomic E-state index is 0.130. The van der Waals surface area contributed by atoms with Crippen molar-refractivity contribution in [2.45, 2.75) is 78.4 Å². The molecule has 1 aliphatic rings. The number of carbonyl (C=O) groups is 2. The van der Waals surface area contributed by atoms with E-state index in [1.165, 1.54) is 0 Å². The molecule has 1 fully saturated rings. The van der Waals surface area contributed by atoms with E-state index in [1.54, 1.807) is 17.0 Å². The maximum Gasteiger partial charge on any atom is 0.244 e. The summed E-state index contributed by atoms with van der Waals surface area (Å²) in [4.78, 5) is 28.7. The van der Waals surface area contributed by atoms with Gasteiger partial charge in [-0.25, -0.2) is 8.42 Å². The normalized spacial score (nSPS) is 14.9. The molecular weight excluding hydrogens is 474 g/mol. The van der Waals surface area contributed by atoms with E-state index in [-0.39, 0.29) is 25.0 Å². The molecule has 0 saturated heterocycles. The van der Waals surface area contributed by atoms with Crippen molar-refractivity contribution in [2.24, 2.45) is 0 Å². The molecule has 0 aliphatic heterocycles. The van der Waals surface area contributed by atoms with Crippen molar-refractivity contribution in [3.05, 3.63) is 64.7 Å². The Hall–Kier alpha value is -2.87. The van der Waals surface area contributed by atoms with Crippen LogP contribution >= 0.6 is 0 Å². The van der Waals surface area contributed by atoms with Gasteiger partial charge in [-0.1, -0.05) is 50.1 Å². The minimum Gasteiger partial charge on any atom is -0.352 e. The number of sulfonamides is 1. The second-order valence-corrected chi connectivity index (χ2v) is 11.8. The van der Waals surface area contributed by atoms with Crippen molar-refractivity contribution in [1.82, 2.24) is 10.2 Å². The summed E-state index contributed by atoms with van der Waals surface area (Å²) in [7, 11) is -3.74. The zero-order valence-corrected chi connectivity index (χ0v) is 22.9. The van der Waals surface area contributed by atoms with Crippen LogP contribution in [0, 0.1) is 20.8 Å². The fourth-order valence-electron chi connectivity index (χ4n) is 4.75. The average molecular weight is 514 g/mol. The molecule has 7 nitrogen and oxygen atoms in total. The van der Waals surface area contributed by atoms with Crippen molar-refractivity contribution in [1.29, 1.82) is 0 Å². The number of hydrogen-bond acceptors (Lipinski definition) is 4. The molecule has 1 N–H and O–H groups in total. The van der Waals surface area contributed by atoms with E-state index in [0.29, 0.717) is 12.1 Å². The molecule has 196 valence electrons. The average Bonchev–Trinajstić information content (AvgIpc) is 3.32. The number of aryl methyl sites for hydroxylation is 3. The van der Waals surface area contributed by atoms with Crippen LogP contribution in [0.3, 0.4) is 0 Å². The van der Waals surface area contributed by atoms with E-state index in [4.69, 9.17) is 0 Å². The summed E-state index contributed by atoms with van der Waals surface area (Å²) in [5.74, 6) is -0.584. The molecule has 36 heavy (non-hydrogen) atoms. The van der Waals surface area contributed by atoms with Crippen molar-refractivity contribution in [3.63, 3.8) is 0 Å². The summed E-state index contributed by atoms with van der Waals surface area (Å²) < 4.78 is 26.7. The molecule has 1 saturated carbocycles. The zero-order chi connectivity index (χ0) is 26.5. The summed E-state index contributed by atoms with van der Waals surface area (Å²) in [6.07, 6.45) is 5.61. The van der Waals surface area contributed by atoms with Gasteiger partial charge in [0.1, 0.15) is 12.6 Å². The largest absolute Gasteiger partial charge is 0.352 e. The van der Waals surface area contributed by atoms with Gasteiger partial charge in [-0.3, -0.25) is 13.9 Å². The molecule has 2 aromatic rings. The van der Waals surface area contributed by atoms with Crippen LogP contribution in [0.25, 0.3) is 0 Å². The van der Waals surface area contributed by atoms with Gasteiger partial charge < -0.3 is 10.2 Å². The summed E-state index contributed by atoms with van der Waals surface area (Å²) in [6, 6.07) is 12.5. The van der Waals surface area contributed by atoms with Crippen LogP contribution in [0.5, 0.6) is 0 Å². The smallest absolute Gasteiger partial charge is 0.244 e. The topological polar surface area (TPSA) is 86.8 Å². The van der Waals surface area contributed by atoms with Crippen LogP contribution in [0.1, 0.15) is 61.3 Å². The van der Waals surface area contributed by atoms with Crippen LogP contribution in [0.15, 0.2) is 42.5 Å². The van der Waals surface area contributed by atoms with Gasteiger partial charge in [0, 0.05) is 12.6 Å². The number of carbonyl (C=O) groups excluding carboxylic acids is 2. The Labute approximate surface area is 215 Å². The molecule has 0 heterocycles. The van der Waals surface area contributed by atoms with Gasteiger partial charge in [0.05, 0.1) is 11.9 Å². The van der Waals surface area contributed by atoms with E-state index in [2.05, 4.69) is 5.32 Å². The molecule has 2 aromatic carbocycles. The zero-order valence-electron chi connectivity index (χ0n) is 22.1. The first kappa shape index (κ1) is 27.7. The fourth-order valence-corrected chi connectivity index (χ4v) is 5.59. The Bertz CT molecular complexity index is 1190. The van der Waals surface area contributed by atoms with Gasteiger partial charge >= 0.3 is 0 Å². The van der Waals surface area contributed by atoms with Crippen molar-refractivity contribution >= 4 is 27.5 Å². The second-order valence-electron chi connectivity index (χ2n) is 9.90. The number of nitrogens with zero attached hydrogens (tertiary/aromatic N) is 2. The highest BCUT2D eigenvalue weighted by atomic mass is 32.2. The lowest BCUT2D eigenvalue weighted by Gasteiger charge is -2.33. The standard InChI is InChI=1S/C28H39N3O4S/c1-6-26(28(33)29-24-13-9-10-14-24)30(18-23-12-8-7-11-21(23)3)27(32)19-31(36(5,34)35)25-16-15-20(2)22(4)17-25/h7-8,11-12,15-17,24,26H,6,9-10,13-14,18-19H2,1-5H3,(H,29,33)/t26-/m0/s1. The fraction of sp³-hybridized carbons (Fsp3) is 0.500. The number of rotatable bonds is 10. The Morgan fingerprint density at radius 2 is 1.67 bits per heavy atom. The van der Waals surface area contributed by atoms with E-state index in [1.807, 2.05) is 58.0 Å². The minimum atomic E-state index is -3.74. The van der Waals surface area contributed by atoms with E-state index < -0.39 is 22.0 Å². The highest BCUT2D eigenvalue weighted by Crippen LogP contribution is 2.23. The molecule has 0 radical (unpaired) electrons. The van der Waals surface area contributed by atoms with E-state index in [9.17, 15) is 18.0 Å². The van der Waals surface area contributed by atoms with E-state index >= 15 is 0 Å². The number of nitrogens with one attached hydrogen (secondary N) is 1. The van der Waals surface area contributed by atoms with Gasteiger partial charge in [0.15, 0.2) is 0 Å². The van der Waals surface area contributed by atoms with Crippen molar-refractivity contribution in [2.75, 3.05) is 17.1 Å². The number of amides is 2. The van der Waals surface area contributed by atoms with Crippen molar-refractivity contribution in [3.8, 4) is 0 Å². The van der Waals surface area contributed by atoms with Gasteiger partial charge in [-0.15, -0.1) is 0 Å². The molecule has 0 unspecified atom stereocenters. The lowest BCUT2D eigenvalue weighted by Crippen LogP contribution is -2.53. The lowest BCUT2D eigenvalue weighted by atomic mass is 10.1. The number of benzene rings is 2. The molecule has 8 heteroatoms. The highest BCUT2D eigenvalue weighted by Gasteiger charge is 2.33. The molecule has 2 amide bonds. The Kier molecular flexibility index (Phi) is 9.17. The summed E-state index contributed by atoms with van der Waals surface area (Å²) in [5, 5.41) is 3.13. The van der Waals surface area contributed by atoms with Gasteiger partial charge in [-0.05, 0) is 74.4 Å². The number of hydrogen-bond donors (Lipinski definition) is 1. The SMILES string of the molecule is CC[C@@H](C(=O)NC1CCCC1)N(Cc1ccccc1C)C(=O)CN(c1ccc(C)c(C)c1)S(C)(=O)=O. The first-order valence-corrected chi connectivity index (χ1v) is 14.6. The third-order valence-electron chi connectivity index (χ3n) is 7.15. The highest BCUT2D eigenvalue weighted by molar-refractivity contribution is 7.92. The second kappa shape index (κ2) is 11.9. The molecule has 1 aliphatic carbocycles. The molecular formula is C28H39N3O4S. The van der Waals surface area contributed by atoms with Gasteiger partial charge in [0.2, 0.25) is 21.8 Å². The summed E-state index contributed by atoms with van der Waals surface area (Å²) in [5.41, 5.74) is 4.35. The van der Waals surface area contributed by atoms with Crippen LogP contribution < -0.4 is 9.62 Å². The first-order valence-electron chi connectivity index (χ1n) is 12.7. The Balaban J connectivity index is 1.94.